The Morgan fingerprint density at radius 3 is 3.06 bits per heavy atom. The second-order valence-electron chi connectivity index (χ2n) is 4.03. The van der Waals surface area contributed by atoms with Gasteiger partial charge in [-0.05, 0) is 18.2 Å². The van der Waals surface area contributed by atoms with E-state index in [9.17, 15) is 4.39 Å². The topological polar surface area (TPSA) is 29.9 Å². The number of nitrogens with zero attached hydrogens (tertiary/aromatic N) is 2. The lowest BCUT2D eigenvalue weighted by atomic mass is 10.1. The summed E-state index contributed by atoms with van der Waals surface area (Å²) in [5, 5.41) is 7.94. The van der Waals surface area contributed by atoms with Gasteiger partial charge in [-0.25, -0.2) is 4.39 Å². The van der Waals surface area contributed by atoms with Crippen molar-refractivity contribution < 1.29 is 4.39 Å². The first-order valence-electron chi connectivity index (χ1n) is 5.46. The van der Waals surface area contributed by atoms with Gasteiger partial charge in [0.25, 0.3) is 0 Å². The molecule has 0 saturated heterocycles. The quantitative estimate of drug-likeness (QED) is 0.844. The summed E-state index contributed by atoms with van der Waals surface area (Å²) in [5.41, 5.74) is 2.42. The van der Waals surface area contributed by atoms with Crippen molar-refractivity contribution in [1.82, 2.24) is 15.1 Å². The number of benzene rings is 1. The van der Waals surface area contributed by atoms with Gasteiger partial charge in [-0.1, -0.05) is 11.6 Å². The van der Waals surface area contributed by atoms with Crippen LogP contribution < -0.4 is 5.32 Å². The highest BCUT2D eigenvalue weighted by atomic mass is 35.5. The van der Waals surface area contributed by atoms with Crippen molar-refractivity contribution in [2.24, 2.45) is 0 Å². The van der Waals surface area contributed by atoms with Gasteiger partial charge in [0.05, 0.1) is 18.4 Å². The molecule has 2 heterocycles. The van der Waals surface area contributed by atoms with Gasteiger partial charge in [0.2, 0.25) is 0 Å². The number of aromatic nitrogens is 2. The third-order valence-electron chi connectivity index (χ3n) is 2.96. The average Bonchev–Trinajstić information content (AvgIpc) is 2.73. The molecule has 1 aromatic heterocycles. The van der Waals surface area contributed by atoms with E-state index in [1.807, 2.05) is 4.68 Å². The second-order valence-corrected chi connectivity index (χ2v) is 4.47. The van der Waals surface area contributed by atoms with Gasteiger partial charge >= 0.3 is 0 Å². The van der Waals surface area contributed by atoms with Crippen LogP contribution in [0.3, 0.4) is 0 Å². The number of fused-ring (bicyclic) bond motifs is 1. The highest BCUT2D eigenvalue weighted by Gasteiger charge is 2.17. The SMILES string of the molecule is Fc1cc(Cl)ccc1-c1cnn2c1CNCC2. The summed E-state index contributed by atoms with van der Waals surface area (Å²) in [6.07, 6.45) is 1.72. The zero-order valence-corrected chi connectivity index (χ0v) is 9.84. The number of nitrogens with one attached hydrogen (secondary N) is 1. The minimum Gasteiger partial charge on any atom is -0.309 e. The van der Waals surface area contributed by atoms with Crippen molar-refractivity contribution in [1.29, 1.82) is 0 Å². The first kappa shape index (κ1) is 10.7. The predicted octanol–water partition coefficient (Wildman–Crippen LogP) is 2.45. The van der Waals surface area contributed by atoms with Crippen LogP contribution in [0.25, 0.3) is 11.1 Å². The maximum atomic E-state index is 13.8. The molecule has 2 aromatic rings. The lowest BCUT2D eigenvalue weighted by Gasteiger charge is -2.16. The lowest BCUT2D eigenvalue weighted by molar-refractivity contribution is 0.476. The molecule has 0 spiro atoms. The number of halogens is 2. The van der Waals surface area contributed by atoms with Crippen molar-refractivity contribution in [2.45, 2.75) is 13.1 Å². The summed E-state index contributed by atoms with van der Waals surface area (Å²) in [6, 6.07) is 4.72. The minimum atomic E-state index is -0.307. The first-order chi connectivity index (χ1) is 8.25. The van der Waals surface area contributed by atoms with Crippen molar-refractivity contribution in [3.8, 4) is 11.1 Å². The molecular weight excluding hydrogens is 241 g/mol. The highest BCUT2D eigenvalue weighted by molar-refractivity contribution is 6.30. The van der Waals surface area contributed by atoms with Crippen LogP contribution in [0.15, 0.2) is 24.4 Å². The average molecular weight is 252 g/mol. The first-order valence-corrected chi connectivity index (χ1v) is 5.84. The molecule has 1 aromatic carbocycles. The normalized spacial score (nSPS) is 14.7. The third kappa shape index (κ3) is 1.83. The molecule has 0 fully saturated rings. The van der Waals surface area contributed by atoms with E-state index in [4.69, 9.17) is 11.6 Å². The third-order valence-corrected chi connectivity index (χ3v) is 3.20. The Kier molecular flexibility index (Phi) is 2.61. The molecule has 0 aliphatic carbocycles. The smallest absolute Gasteiger partial charge is 0.132 e. The molecule has 17 heavy (non-hydrogen) atoms. The van der Waals surface area contributed by atoms with Gasteiger partial charge in [-0.3, -0.25) is 4.68 Å². The van der Waals surface area contributed by atoms with Crippen molar-refractivity contribution in [3.63, 3.8) is 0 Å². The Bertz CT molecular complexity index is 565. The van der Waals surface area contributed by atoms with Gasteiger partial charge in [-0.2, -0.15) is 5.10 Å². The number of hydrogen-bond donors (Lipinski definition) is 1. The maximum absolute atomic E-state index is 13.8. The molecule has 1 aliphatic rings. The van der Waals surface area contributed by atoms with E-state index >= 15 is 0 Å². The Morgan fingerprint density at radius 1 is 1.35 bits per heavy atom. The standard InChI is InChI=1S/C12H11ClFN3/c13-8-1-2-9(11(14)5-8)10-6-16-17-4-3-15-7-12(10)17/h1-2,5-6,15H,3-4,7H2. The minimum absolute atomic E-state index is 0.307. The fraction of sp³-hybridized carbons (Fsp3) is 0.250. The zero-order chi connectivity index (χ0) is 11.8. The molecule has 3 rings (SSSR count). The molecule has 88 valence electrons. The van der Waals surface area contributed by atoms with Crippen molar-refractivity contribution in [2.75, 3.05) is 6.54 Å². The van der Waals surface area contributed by atoms with E-state index in [2.05, 4.69) is 10.4 Å². The van der Waals surface area contributed by atoms with Crippen LogP contribution >= 0.6 is 11.6 Å². The summed E-state index contributed by atoms with van der Waals surface area (Å²) in [7, 11) is 0. The molecule has 0 radical (unpaired) electrons. The Morgan fingerprint density at radius 2 is 2.24 bits per heavy atom. The molecule has 0 atom stereocenters. The maximum Gasteiger partial charge on any atom is 0.132 e. The summed E-state index contributed by atoms with van der Waals surface area (Å²) in [5.74, 6) is -0.307. The van der Waals surface area contributed by atoms with Gasteiger partial charge in [0, 0.05) is 29.2 Å². The van der Waals surface area contributed by atoms with Crippen LogP contribution in [-0.2, 0) is 13.1 Å². The Balaban J connectivity index is 2.12. The molecule has 3 nitrogen and oxygen atoms in total. The Labute approximate surface area is 103 Å². The molecular formula is C12H11ClFN3. The van der Waals surface area contributed by atoms with E-state index in [0.717, 1.165) is 30.9 Å². The lowest BCUT2D eigenvalue weighted by Crippen LogP contribution is -2.28. The van der Waals surface area contributed by atoms with Crippen LogP contribution in [0.4, 0.5) is 4.39 Å². The number of rotatable bonds is 1. The van der Waals surface area contributed by atoms with Gasteiger partial charge in [0.1, 0.15) is 5.82 Å². The fourth-order valence-corrected chi connectivity index (χ4v) is 2.27. The van der Waals surface area contributed by atoms with Crippen LogP contribution in [0.2, 0.25) is 5.02 Å². The summed E-state index contributed by atoms with van der Waals surface area (Å²) >= 11 is 5.75. The van der Waals surface area contributed by atoms with Gasteiger partial charge in [0.15, 0.2) is 0 Å². The molecule has 0 unspecified atom stereocenters. The van der Waals surface area contributed by atoms with E-state index in [0.29, 0.717) is 10.6 Å². The van der Waals surface area contributed by atoms with E-state index < -0.39 is 0 Å². The summed E-state index contributed by atoms with van der Waals surface area (Å²) in [4.78, 5) is 0. The molecule has 0 saturated carbocycles. The van der Waals surface area contributed by atoms with E-state index in [-0.39, 0.29) is 5.82 Å². The van der Waals surface area contributed by atoms with Crippen LogP contribution in [-0.4, -0.2) is 16.3 Å². The Hall–Kier alpha value is -1.39. The molecule has 0 bridgehead atoms. The largest absolute Gasteiger partial charge is 0.309 e. The van der Waals surface area contributed by atoms with Crippen LogP contribution in [0, 0.1) is 5.82 Å². The van der Waals surface area contributed by atoms with Crippen LogP contribution in [0.1, 0.15) is 5.69 Å². The fourth-order valence-electron chi connectivity index (χ4n) is 2.11. The van der Waals surface area contributed by atoms with E-state index in [1.54, 1.807) is 18.3 Å². The number of hydrogen-bond acceptors (Lipinski definition) is 2. The molecule has 5 heteroatoms. The van der Waals surface area contributed by atoms with Crippen LogP contribution in [0.5, 0.6) is 0 Å². The predicted molar refractivity (Wildman–Crippen MR) is 64.3 cm³/mol. The zero-order valence-electron chi connectivity index (χ0n) is 9.08. The highest BCUT2D eigenvalue weighted by Crippen LogP contribution is 2.28. The molecule has 1 aliphatic heterocycles. The second kappa shape index (κ2) is 4.13. The molecule has 1 N–H and O–H groups in total. The monoisotopic (exact) mass is 251 g/mol. The van der Waals surface area contributed by atoms with Gasteiger partial charge < -0.3 is 5.32 Å². The van der Waals surface area contributed by atoms with Crippen molar-refractivity contribution in [3.05, 3.63) is 40.9 Å². The summed E-state index contributed by atoms with van der Waals surface area (Å²) < 4.78 is 15.8. The van der Waals surface area contributed by atoms with E-state index in [1.165, 1.54) is 6.07 Å². The van der Waals surface area contributed by atoms with Crippen molar-refractivity contribution >= 4 is 11.6 Å². The van der Waals surface area contributed by atoms with Gasteiger partial charge in [-0.15, -0.1) is 0 Å². The molecule has 0 amide bonds. The summed E-state index contributed by atoms with van der Waals surface area (Å²) in [6.45, 7) is 2.44.